The minimum absolute atomic E-state index is 0.373. The zero-order valence-electron chi connectivity index (χ0n) is 15.4. The largest absolute Gasteiger partial charge is 0.496 e. The maximum absolute atomic E-state index is 13.9. The molecule has 4 rings (SSSR count). The lowest BCUT2D eigenvalue weighted by atomic mass is 10.1. The Morgan fingerprint density at radius 2 is 1.66 bits per heavy atom. The highest BCUT2D eigenvalue weighted by molar-refractivity contribution is 6.05. The molecule has 0 radical (unpaired) electrons. The number of anilines is 1. The number of rotatable bonds is 4. The third-order valence-electron chi connectivity index (χ3n) is 4.51. The topological polar surface area (TPSA) is 51.2 Å². The lowest BCUT2D eigenvalue weighted by Gasteiger charge is -2.12. The van der Waals surface area contributed by atoms with Crippen molar-refractivity contribution in [3.8, 4) is 17.0 Å². The first-order chi connectivity index (χ1) is 14.1. The van der Waals surface area contributed by atoms with Crippen LogP contribution in [0.5, 0.6) is 5.75 Å². The number of nitrogens with zero attached hydrogens (tertiary/aromatic N) is 1. The Morgan fingerprint density at radius 1 is 0.931 bits per heavy atom. The summed E-state index contributed by atoms with van der Waals surface area (Å²) in [5.74, 6) is -2.14. The summed E-state index contributed by atoms with van der Waals surface area (Å²) in [6.07, 6.45) is 0. The van der Waals surface area contributed by atoms with Crippen LogP contribution in [0.4, 0.5) is 14.5 Å². The molecular formula is C23H16F2N2O2. The molecule has 0 saturated heterocycles. The van der Waals surface area contributed by atoms with Crippen LogP contribution in [0.3, 0.4) is 0 Å². The van der Waals surface area contributed by atoms with Crippen LogP contribution in [0.2, 0.25) is 0 Å². The Balaban J connectivity index is 1.72. The fraction of sp³-hybridized carbons (Fsp3) is 0.0435. The molecule has 0 bridgehead atoms. The number of hydrogen-bond acceptors (Lipinski definition) is 3. The Bertz CT molecular complexity index is 1190. The number of halogens is 2. The molecule has 29 heavy (non-hydrogen) atoms. The number of carbonyl (C=O) groups is 1. The van der Waals surface area contributed by atoms with Gasteiger partial charge in [-0.1, -0.05) is 36.4 Å². The van der Waals surface area contributed by atoms with Crippen molar-refractivity contribution in [1.82, 2.24) is 4.98 Å². The van der Waals surface area contributed by atoms with Gasteiger partial charge in [0, 0.05) is 22.7 Å². The molecule has 0 aliphatic heterocycles. The van der Waals surface area contributed by atoms with Crippen molar-refractivity contribution in [2.45, 2.75) is 0 Å². The molecule has 4 nitrogen and oxygen atoms in total. The SMILES string of the molecule is COc1cc(-c2ccccc2)nc2ccc(NC(=O)c3c(F)cccc3F)cc12. The van der Waals surface area contributed by atoms with E-state index in [-0.39, 0.29) is 0 Å². The normalized spacial score (nSPS) is 10.7. The molecule has 3 aromatic carbocycles. The molecule has 0 spiro atoms. The van der Waals surface area contributed by atoms with Gasteiger partial charge < -0.3 is 10.1 Å². The van der Waals surface area contributed by atoms with E-state index >= 15 is 0 Å². The number of pyridine rings is 1. The van der Waals surface area contributed by atoms with E-state index in [0.717, 1.165) is 23.4 Å². The second-order valence-electron chi connectivity index (χ2n) is 6.36. The molecular weight excluding hydrogens is 374 g/mol. The first kappa shape index (κ1) is 18.6. The van der Waals surface area contributed by atoms with E-state index in [9.17, 15) is 13.6 Å². The van der Waals surface area contributed by atoms with Gasteiger partial charge in [-0.15, -0.1) is 0 Å². The van der Waals surface area contributed by atoms with Gasteiger partial charge in [-0.3, -0.25) is 4.79 Å². The van der Waals surface area contributed by atoms with Crippen molar-refractivity contribution >= 4 is 22.5 Å². The van der Waals surface area contributed by atoms with Crippen LogP contribution in [0.25, 0.3) is 22.2 Å². The van der Waals surface area contributed by atoms with Gasteiger partial charge in [-0.05, 0) is 30.3 Å². The number of ether oxygens (including phenoxy) is 1. The van der Waals surface area contributed by atoms with Crippen molar-refractivity contribution in [1.29, 1.82) is 0 Å². The standard InChI is InChI=1S/C23H16F2N2O2/c1-29-21-13-20(14-6-3-2-4-7-14)27-19-11-10-15(12-16(19)21)26-23(28)22-17(24)8-5-9-18(22)25/h2-13H,1H3,(H,26,28). The summed E-state index contributed by atoms with van der Waals surface area (Å²) < 4.78 is 33.2. The first-order valence-corrected chi connectivity index (χ1v) is 8.86. The quantitative estimate of drug-likeness (QED) is 0.505. The van der Waals surface area contributed by atoms with E-state index in [1.165, 1.54) is 6.07 Å². The number of nitrogens with one attached hydrogen (secondary N) is 1. The molecule has 0 saturated carbocycles. The van der Waals surface area contributed by atoms with Crippen molar-refractivity contribution < 1.29 is 18.3 Å². The van der Waals surface area contributed by atoms with Crippen molar-refractivity contribution in [2.24, 2.45) is 0 Å². The predicted molar refractivity (Wildman–Crippen MR) is 108 cm³/mol. The summed E-state index contributed by atoms with van der Waals surface area (Å²) in [4.78, 5) is 17.0. The predicted octanol–water partition coefficient (Wildman–Crippen LogP) is 5.44. The molecule has 144 valence electrons. The van der Waals surface area contributed by atoms with Crippen molar-refractivity contribution in [3.05, 3.63) is 90.0 Å². The minimum atomic E-state index is -0.921. The minimum Gasteiger partial charge on any atom is -0.496 e. The average Bonchev–Trinajstić information content (AvgIpc) is 2.73. The summed E-state index contributed by atoms with van der Waals surface area (Å²) in [5.41, 5.74) is 2.10. The summed E-state index contributed by atoms with van der Waals surface area (Å²) >= 11 is 0. The van der Waals surface area contributed by atoms with Crippen LogP contribution in [-0.4, -0.2) is 18.0 Å². The van der Waals surface area contributed by atoms with Gasteiger partial charge in [0.25, 0.3) is 5.91 Å². The van der Waals surface area contributed by atoms with Crippen LogP contribution in [0.1, 0.15) is 10.4 Å². The maximum atomic E-state index is 13.9. The molecule has 1 heterocycles. The number of hydrogen-bond donors (Lipinski definition) is 1. The van der Waals surface area contributed by atoms with Crippen molar-refractivity contribution in [3.63, 3.8) is 0 Å². The molecule has 0 aliphatic rings. The molecule has 1 N–H and O–H groups in total. The second kappa shape index (κ2) is 7.67. The van der Waals surface area contributed by atoms with Crippen LogP contribution in [0.15, 0.2) is 72.8 Å². The van der Waals surface area contributed by atoms with Crippen LogP contribution >= 0.6 is 0 Å². The highest BCUT2D eigenvalue weighted by Gasteiger charge is 2.17. The molecule has 0 aliphatic carbocycles. The molecule has 6 heteroatoms. The van der Waals surface area contributed by atoms with Crippen LogP contribution in [0, 0.1) is 11.6 Å². The number of benzene rings is 3. The van der Waals surface area contributed by atoms with Gasteiger partial charge in [0.2, 0.25) is 0 Å². The fourth-order valence-electron chi connectivity index (χ4n) is 3.11. The highest BCUT2D eigenvalue weighted by atomic mass is 19.1. The summed E-state index contributed by atoms with van der Waals surface area (Å²) in [5, 5.41) is 3.19. The third-order valence-corrected chi connectivity index (χ3v) is 4.51. The number of amides is 1. The van der Waals surface area contributed by atoms with E-state index in [1.54, 1.807) is 31.4 Å². The summed E-state index contributed by atoms with van der Waals surface area (Å²) in [6.45, 7) is 0. The Morgan fingerprint density at radius 3 is 2.34 bits per heavy atom. The number of carbonyl (C=O) groups excluding carboxylic acids is 1. The Kier molecular flexibility index (Phi) is 4.91. The van der Waals surface area contributed by atoms with E-state index in [2.05, 4.69) is 10.3 Å². The second-order valence-corrected chi connectivity index (χ2v) is 6.36. The van der Waals surface area contributed by atoms with E-state index in [1.807, 2.05) is 30.3 Å². The number of methoxy groups -OCH3 is 1. The summed E-state index contributed by atoms with van der Waals surface area (Å²) in [7, 11) is 1.55. The third kappa shape index (κ3) is 3.65. The molecule has 0 fully saturated rings. The van der Waals surface area contributed by atoms with Gasteiger partial charge >= 0.3 is 0 Å². The number of fused-ring (bicyclic) bond motifs is 1. The van der Waals surface area contributed by atoms with Gasteiger partial charge in [-0.25, -0.2) is 13.8 Å². The smallest absolute Gasteiger partial charge is 0.261 e. The monoisotopic (exact) mass is 390 g/mol. The zero-order valence-corrected chi connectivity index (χ0v) is 15.4. The first-order valence-electron chi connectivity index (χ1n) is 8.86. The average molecular weight is 390 g/mol. The molecule has 1 aromatic heterocycles. The molecule has 0 atom stereocenters. The summed E-state index contributed by atoms with van der Waals surface area (Å²) in [6, 6.07) is 19.8. The fourth-order valence-corrected chi connectivity index (χ4v) is 3.11. The van der Waals surface area contributed by atoms with Crippen LogP contribution < -0.4 is 10.1 Å². The lowest BCUT2D eigenvalue weighted by molar-refractivity contribution is 0.101. The van der Waals surface area contributed by atoms with E-state index in [0.29, 0.717) is 22.3 Å². The zero-order chi connectivity index (χ0) is 20.4. The Labute approximate surface area is 165 Å². The number of aromatic nitrogens is 1. The van der Waals surface area contributed by atoms with E-state index in [4.69, 9.17) is 4.74 Å². The van der Waals surface area contributed by atoms with Gasteiger partial charge in [0.15, 0.2) is 0 Å². The molecule has 4 aromatic rings. The molecule has 1 amide bonds. The van der Waals surface area contributed by atoms with Gasteiger partial charge in [0.1, 0.15) is 22.9 Å². The molecule has 0 unspecified atom stereocenters. The Hall–Kier alpha value is -3.80. The maximum Gasteiger partial charge on any atom is 0.261 e. The lowest BCUT2D eigenvalue weighted by Crippen LogP contribution is -2.15. The van der Waals surface area contributed by atoms with Crippen molar-refractivity contribution in [2.75, 3.05) is 12.4 Å². The highest BCUT2D eigenvalue weighted by Crippen LogP contribution is 2.32. The van der Waals surface area contributed by atoms with E-state index < -0.39 is 23.1 Å². The van der Waals surface area contributed by atoms with Gasteiger partial charge in [-0.2, -0.15) is 0 Å². The van der Waals surface area contributed by atoms with Crippen LogP contribution in [-0.2, 0) is 0 Å². The van der Waals surface area contributed by atoms with Gasteiger partial charge in [0.05, 0.1) is 18.3 Å².